The van der Waals surface area contributed by atoms with E-state index in [1.165, 1.54) is 31.2 Å². The maximum Gasteiger partial charge on any atom is 0.437 e. The Morgan fingerprint density at radius 2 is 2.06 bits per heavy atom. The first kappa shape index (κ1) is 11.3. The number of hydrogen-bond donors (Lipinski definition) is 0. The molecule has 17 heavy (non-hydrogen) atoms. The van der Waals surface area contributed by atoms with Gasteiger partial charge in [-0.25, -0.2) is 9.18 Å². The van der Waals surface area contributed by atoms with Crippen molar-refractivity contribution in [2.45, 2.75) is 13.5 Å². The lowest BCUT2D eigenvalue weighted by atomic mass is 10.1. The van der Waals surface area contributed by atoms with Crippen molar-refractivity contribution in [3.8, 4) is 0 Å². The summed E-state index contributed by atoms with van der Waals surface area (Å²) in [4.78, 5) is 22.9. The fraction of sp³-hybridized carbons (Fsp3) is 0.182. The van der Waals surface area contributed by atoms with Gasteiger partial charge < -0.3 is 4.42 Å². The zero-order chi connectivity index (χ0) is 12.4. The molecule has 0 radical (unpaired) electrons. The number of hydrogen-bond acceptors (Lipinski definition) is 4. The number of aryl methyl sites for hydroxylation is 1. The fourth-order valence-corrected chi connectivity index (χ4v) is 1.37. The van der Waals surface area contributed by atoms with Crippen LogP contribution in [0.5, 0.6) is 0 Å². The summed E-state index contributed by atoms with van der Waals surface area (Å²) in [6, 6.07) is 5.08. The molecule has 1 aromatic carbocycles. The maximum atomic E-state index is 12.7. The Morgan fingerprint density at radius 3 is 2.59 bits per heavy atom. The Kier molecular flexibility index (Phi) is 2.86. The number of ketones is 1. The van der Waals surface area contributed by atoms with Gasteiger partial charge in [-0.3, -0.25) is 4.79 Å². The third kappa shape index (κ3) is 2.47. The molecule has 0 fully saturated rings. The van der Waals surface area contributed by atoms with Crippen LogP contribution < -0.4 is 5.76 Å². The topological polar surface area (TPSA) is 65.1 Å². The predicted octanol–water partition coefficient (Wildman–Crippen LogP) is 1.17. The highest BCUT2D eigenvalue weighted by Crippen LogP contribution is 2.04. The molecule has 0 saturated heterocycles. The minimum atomic E-state index is -0.682. The second-order valence-electron chi connectivity index (χ2n) is 3.47. The predicted molar refractivity (Wildman–Crippen MR) is 56.2 cm³/mol. The normalized spacial score (nSPS) is 10.5. The van der Waals surface area contributed by atoms with E-state index >= 15 is 0 Å². The number of carbonyl (C=O) groups is 1. The summed E-state index contributed by atoms with van der Waals surface area (Å²) in [6.07, 6.45) is 0. The van der Waals surface area contributed by atoms with E-state index in [2.05, 4.69) is 9.52 Å². The Hall–Kier alpha value is -2.24. The van der Waals surface area contributed by atoms with E-state index in [0.29, 0.717) is 5.56 Å². The van der Waals surface area contributed by atoms with Crippen molar-refractivity contribution in [3.63, 3.8) is 0 Å². The van der Waals surface area contributed by atoms with Gasteiger partial charge in [-0.1, -0.05) is 0 Å². The standard InChI is InChI=1S/C11H9FN2O3/c1-7-13-14(11(16)17-7)6-10(15)8-2-4-9(12)5-3-8/h2-5H,6H2,1H3. The van der Waals surface area contributed by atoms with Crippen LogP contribution in [0.4, 0.5) is 4.39 Å². The number of Topliss-reactive ketones (excluding diaryl/α,β-unsaturated/α-hetero) is 1. The number of halogens is 1. The summed E-state index contributed by atoms with van der Waals surface area (Å²) in [5, 5.41) is 3.74. The Morgan fingerprint density at radius 1 is 1.41 bits per heavy atom. The van der Waals surface area contributed by atoms with E-state index in [9.17, 15) is 14.0 Å². The molecule has 0 saturated carbocycles. The lowest BCUT2D eigenvalue weighted by molar-refractivity contribution is 0.0965. The van der Waals surface area contributed by atoms with E-state index in [4.69, 9.17) is 0 Å². The van der Waals surface area contributed by atoms with Gasteiger partial charge in [-0.15, -0.1) is 5.10 Å². The molecular formula is C11H9FN2O3. The lowest BCUT2D eigenvalue weighted by Gasteiger charge is -1.99. The molecule has 1 heterocycles. The monoisotopic (exact) mass is 236 g/mol. The molecule has 0 bridgehead atoms. The van der Waals surface area contributed by atoms with Crippen molar-refractivity contribution in [1.82, 2.24) is 9.78 Å². The van der Waals surface area contributed by atoms with Crippen molar-refractivity contribution in [2.75, 3.05) is 0 Å². The first-order valence-corrected chi connectivity index (χ1v) is 4.89. The zero-order valence-corrected chi connectivity index (χ0v) is 9.01. The molecule has 0 amide bonds. The minimum Gasteiger partial charge on any atom is -0.393 e. The molecule has 6 heteroatoms. The van der Waals surface area contributed by atoms with Gasteiger partial charge in [0, 0.05) is 12.5 Å². The average molecular weight is 236 g/mol. The van der Waals surface area contributed by atoms with Gasteiger partial charge >= 0.3 is 5.76 Å². The zero-order valence-electron chi connectivity index (χ0n) is 9.01. The largest absolute Gasteiger partial charge is 0.437 e. The Labute approximate surface area is 95.5 Å². The third-order valence-corrected chi connectivity index (χ3v) is 2.17. The highest BCUT2D eigenvalue weighted by molar-refractivity contribution is 5.95. The molecule has 2 rings (SSSR count). The highest BCUT2D eigenvalue weighted by Gasteiger charge is 2.11. The van der Waals surface area contributed by atoms with Crippen LogP contribution in [0.25, 0.3) is 0 Å². The summed E-state index contributed by atoms with van der Waals surface area (Å²) >= 11 is 0. The molecule has 0 aliphatic rings. The second-order valence-corrected chi connectivity index (χ2v) is 3.47. The average Bonchev–Trinajstić information content (AvgIpc) is 2.58. The first-order chi connectivity index (χ1) is 8.06. The smallest absolute Gasteiger partial charge is 0.393 e. The molecule has 5 nitrogen and oxygen atoms in total. The van der Waals surface area contributed by atoms with Crippen LogP contribution in [-0.4, -0.2) is 15.6 Å². The van der Waals surface area contributed by atoms with E-state index in [1.54, 1.807) is 0 Å². The van der Waals surface area contributed by atoms with Crippen LogP contribution in [-0.2, 0) is 6.54 Å². The quantitative estimate of drug-likeness (QED) is 0.750. The molecule has 0 spiro atoms. The maximum absolute atomic E-state index is 12.7. The van der Waals surface area contributed by atoms with Crippen LogP contribution in [0, 0.1) is 12.7 Å². The number of rotatable bonds is 3. The third-order valence-electron chi connectivity index (χ3n) is 2.17. The number of benzene rings is 1. The van der Waals surface area contributed by atoms with Gasteiger partial charge in [0.25, 0.3) is 0 Å². The molecule has 0 aliphatic carbocycles. The summed E-state index contributed by atoms with van der Waals surface area (Å²) in [5.41, 5.74) is 0.318. The lowest BCUT2D eigenvalue weighted by Crippen LogP contribution is -2.21. The summed E-state index contributed by atoms with van der Waals surface area (Å²) < 4.78 is 18.2. The molecule has 0 unspecified atom stereocenters. The van der Waals surface area contributed by atoms with Crippen LogP contribution in [0.2, 0.25) is 0 Å². The van der Waals surface area contributed by atoms with Crippen molar-refractivity contribution < 1.29 is 13.6 Å². The molecule has 0 atom stereocenters. The van der Waals surface area contributed by atoms with Crippen LogP contribution >= 0.6 is 0 Å². The van der Waals surface area contributed by atoms with Crippen LogP contribution in [0.3, 0.4) is 0 Å². The highest BCUT2D eigenvalue weighted by atomic mass is 19.1. The van der Waals surface area contributed by atoms with Gasteiger partial charge in [-0.2, -0.15) is 4.68 Å². The van der Waals surface area contributed by atoms with Gasteiger partial charge in [0.2, 0.25) is 5.89 Å². The number of carbonyl (C=O) groups excluding carboxylic acids is 1. The summed E-state index contributed by atoms with van der Waals surface area (Å²) in [6.45, 7) is 1.29. The molecular weight excluding hydrogens is 227 g/mol. The van der Waals surface area contributed by atoms with Gasteiger partial charge in [-0.05, 0) is 24.3 Å². The SMILES string of the molecule is Cc1nn(CC(=O)c2ccc(F)cc2)c(=O)o1. The summed E-state index contributed by atoms with van der Waals surface area (Å²) in [5.74, 6) is -1.24. The minimum absolute atomic E-state index is 0.196. The second kappa shape index (κ2) is 4.32. The van der Waals surface area contributed by atoms with E-state index in [0.717, 1.165) is 4.68 Å². The molecule has 88 valence electrons. The van der Waals surface area contributed by atoms with Gasteiger partial charge in [0.15, 0.2) is 5.78 Å². The van der Waals surface area contributed by atoms with Gasteiger partial charge in [0.1, 0.15) is 12.4 Å². The first-order valence-electron chi connectivity index (χ1n) is 4.89. The summed E-state index contributed by atoms with van der Waals surface area (Å²) in [7, 11) is 0. The van der Waals surface area contributed by atoms with Crippen LogP contribution in [0.1, 0.15) is 16.2 Å². The molecule has 2 aromatic rings. The number of aromatic nitrogens is 2. The number of nitrogens with zero attached hydrogens (tertiary/aromatic N) is 2. The van der Waals surface area contributed by atoms with Crippen molar-refractivity contribution in [1.29, 1.82) is 0 Å². The molecule has 0 N–H and O–H groups in total. The van der Waals surface area contributed by atoms with Gasteiger partial charge in [0.05, 0.1) is 0 Å². The van der Waals surface area contributed by atoms with Crippen molar-refractivity contribution in [3.05, 3.63) is 52.1 Å². The van der Waals surface area contributed by atoms with Crippen LogP contribution in [0.15, 0.2) is 33.5 Å². The Bertz CT molecular complexity index is 598. The van der Waals surface area contributed by atoms with Crippen molar-refractivity contribution >= 4 is 5.78 Å². The molecule has 1 aromatic heterocycles. The fourth-order valence-electron chi connectivity index (χ4n) is 1.37. The van der Waals surface area contributed by atoms with E-state index in [1.807, 2.05) is 0 Å². The van der Waals surface area contributed by atoms with E-state index < -0.39 is 11.6 Å². The van der Waals surface area contributed by atoms with Crippen molar-refractivity contribution in [2.24, 2.45) is 0 Å². The Balaban J connectivity index is 2.20. The van der Waals surface area contributed by atoms with E-state index in [-0.39, 0.29) is 18.2 Å². The molecule has 0 aliphatic heterocycles.